The van der Waals surface area contributed by atoms with Crippen LogP contribution in [0.25, 0.3) is 0 Å². The van der Waals surface area contributed by atoms with Crippen LogP contribution in [-0.4, -0.2) is 50.8 Å². The Bertz CT molecular complexity index is 851. The van der Waals surface area contributed by atoms with Gasteiger partial charge >= 0.3 is 0 Å². The third-order valence-electron chi connectivity index (χ3n) is 4.62. The summed E-state index contributed by atoms with van der Waals surface area (Å²) in [5.74, 6) is -5.05. The minimum Gasteiger partial charge on any atom is -0.326 e. The van der Waals surface area contributed by atoms with Gasteiger partial charge in [0.1, 0.15) is 11.6 Å². The van der Waals surface area contributed by atoms with Gasteiger partial charge in [0.15, 0.2) is 0 Å². The highest BCUT2D eigenvalue weighted by molar-refractivity contribution is 5.93. The van der Waals surface area contributed by atoms with Crippen molar-refractivity contribution in [2.75, 3.05) is 18.4 Å². The summed E-state index contributed by atoms with van der Waals surface area (Å²) >= 11 is 0. The lowest BCUT2D eigenvalue weighted by Crippen LogP contribution is -2.52. The van der Waals surface area contributed by atoms with Crippen molar-refractivity contribution in [3.63, 3.8) is 0 Å². The summed E-state index contributed by atoms with van der Waals surface area (Å²) in [7, 11) is 0. The second-order valence-corrected chi connectivity index (χ2v) is 6.42. The Morgan fingerprint density at radius 3 is 2.78 bits per heavy atom. The van der Waals surface area contributed by atoms with Crippen LogP contribution in [0.15, 0.2) is 35.5 Å². The van der Waals surface area contributed by atoms with Crippen molar-refractivity contribution in [1.29, 1.82) is 0 Å². The molecule has 0 aromatic carbocycles. The number of nitrogens with one attached hydrogen (secondary N) is 2. The number of carbonyl (C=O) groups is 1. The van der Waals surface area contributed by atoms with Crippen LogP contribution in [0.4, 0.5) is 19.0 Å². The second kappa shape index (κ2) is 7.47. The number of pyridine rings is 1. The minimum atomic E-state index is -3.00. The fourth-order valence-corrected chi connectivity index (χ4v) is 2.98. The highest BCUT2D eigenvalue weighted by atomic mass is 19.3. The van der Waals surface area contributed by atoms with Crippen LogP contribution >= 0.6 is 0 Å². The van der Waals surface area contributed by atoms with Gasteiger partial charge in [0, 0.05) is 25.7 Å². The SMILES string of the molecule is CC(C(=O)Nc1ccc(F)cn1)N1CCC(F)(F)C(c2c[nH]c(=O)cn2)C1. The van der Waals surface area contributed by atoms with Gasteiger partial charge in [-0.15, -0.1) is 0 Å². The Balaban J connectivity index is 1.72. The molecule has 2 atom stereocenters. The lowest BCUT2D eigenvalue weighted by Gasteiger charge is -2.40. The van der Waals surface area contributed by atoms with E-state index >= 15 is 0 Å². The van der Waals surface area contributed by atoms with E-state index < -0.39 is 41.6 Å². The van der Waals surface area contributed by atoms with E-state index in [1.807, 2.05) is 0 Å². The third kappa shape index (κ3) is 4.33. The summed E-state index contributed by atoms with van der Waals surface area (Å²) < 4.78 is 41.6. The van der Waals surface area contributed by atoms with E-state index in [0.29, 0.717) is 0 Å². The molecule has 1 aliphatic heterocycles. The average Bonchev–Trinajstić information content (AvgIpc) is 2.64. The molecule has 2 unspecified atom stereocenters. The number of rotatable bonds is 4. The molecule has 10 heteroatoms. The first-order chi connectivity index (χ1) is 12.8. The monoisotopic (exact) mass is 381 g/mol. The van der Waals surface area contributed by atoms with Gasteiger partial charge in [0.05, 0.1) is 30.0 Å². The van der Waals surface area contributed by atoms with Crippen LogP contribution in [0.2, 0.25) is 0 Å². The zero-order valence-electron chi connectivity index (χ0n) is 14.5. The Morgan fingerprint density at radius 1 is 1.37 bits per heavy atom. The number of nitrogens with zero attached hydrogens (tertiary/aromatic N) is 3. The first-order valence-corrected chi connectivity index (χ1v) is 8.35. The summed E-state index contributed by atoms with van der Waals surface area (Å²) in [5, 5.41) is 2.54. The lowest BCUT2D eigenvalue weighted by atomic mass is 9.90. The van der Waals surface area contributed by atoms with Gasteiger partial charge in [-0.05, 0) is 19.1 Å². The van der Waals surface area contributed by atoms with Crippen molar-refractivity contribution in [2.24, 2.45) is 0 Å². The molecule has 0 saturated carbocycles. The van der Waals surface area contributed by atoms with Gasteiger partial charge in [-0.1, -0.05) is 0 Å². The number of aromatic amines is 1. The maximum Gasteiger partial charge on any atom is 0.266 e. The van der Waals surface area contributed by atoms with Crippen molar-refractivity contribution in [3.05, 3.63) is 52.6 Å². The van der Waals surface area contributed by atoms with E-state index in [4.69, 9.17) is 0 Å². The van der Waals surface area contributed by atoms with E-state index in [1.165, 1.54) is 12.3 Å². The van der Waals surface area contributed by atoms with Crippen molar-refractivity contribution in [2.45, 2.75) is 31.2 Å². The molecule has 2 N–H and O–H groups in total. The molecule has 0 spiro atoms. The van der Waals surface area contributed by atoms with Crippen molar-refractivity contribution < 1.29 is 18.0 Å². The molecule has 1 saturated heterocycles. The standard InChI is InChI=1S/C17H18F3N5O2/c1-10(16(27)24-14-3-2-11(18)6-22-14)25-5-4-17(19,20)12(9-25)13-7-23-15(26)8-21-13/h2-3,6-8,10,12H,4-5,9H2,1H3,(H,23,26)(H,22,24,27). The Labute approximate surface area is 152 Å². The molecule has 27 heavy (non-hydrogen) atoms. The topological polar surface area (TPSA) is 91.0 Å². The second-order valence-electron chi connectivity index (χ2n) is 6.42. The predicted octanol–water partition coefficient (Wildman–Crippen LogP) is 1.76. The minimum absolute atomic E-state index is 0.0261. The molecule has 3 rings (SSSR count). The Hall–Kier alpha value is -2.75. The Kier molecular flexibility index (Phi) is 5.26. The van der Waals surface area contributed by atoms with Gasteiger partial charge < -0.3 is 10.3 Å². The van der Waals surface area contributed by atoms with Gasteiger partial charge in [-0.3, -0.25) is 19.5 Å². The number of carbonyl (C=O) groups excluding carboxylic acids is 1. The quantitative estimate of drug-likeness (QED) is 0.842. The molecule has 7 nitrogen and oxygen atoms in total. The maximum absolute atomic E-state index is 14.4. The molecule has 0 radical (unpaired) electrons. The molecule has 0 bridgehead atoms. The largest absolute Gasteiger partial charge is 0.326 e. The van der Waals surface area contributed by atoms with Crippen molar-refractivity contribution in [3.8, 4) is 0 Å². The summed E-state index contributed by atoms with van der Waals surface area (Å²) in [6.45, 7) is 1.52. The number of anilines is 1. The van der Waals surface area contributed by atoms with Crippen molar-refractivity contribution in [1.82, 2.24) is 19.9 Å². The number of halogens is 3. The van der Waals surface area contributed by atoms with E-state index in [1.54, 1.807) is 11.8 Å². The highest BCUT2D eigenvalue weighted by Crippen LogP contribution is 2.39. The molecule has 0 aliphatic carbocycles. The van der Waals surface area contributed by atoms with Gasteiger partial charge in [-0.2, -0.15) is 0 Å². The first kappa shape index (κ1) is 19.0. The number of aromatic nitrogens is 3. The Morgan fingerprint density at radius 2 is 2.15 bits per heavy atom. The average molecular weight is 381 g/mol. The molecule has 1 fully saturated rings. The van der Waals surface area contributed by atoms with Crippen LogP contribution in [0.5, 0.6) is 0 Å². The van der Waals surface area contributed by atoms with Crippen LogP contribution in [-0.2, 0) is 4.79 Å². The summed E-state index contributed by atoms with van der Waals surface area (Å²) in [5.41, 5.74) is -0.411. The molecule has 3 heterocycles. The van der Waals surface area contributed by atoms with Crippen LogP contribution in [0.1, 0.15) is 25.0 Å². The number of hydrogen-bond acceptors (Lipinski definition) is 5. The summed E-state index contributed by atoms with van der Waals surface area (Å²) in [4.78, 5) is 35.1. The molecule has 2 aromatic heterocycles. The van der Waals surface area contributed by atoms with Gasteiger partial charge in [0.2, 0.25) is 5.91 Å². The normalized spacial score (nSPS) is 20.8. The summed E-state index contributed by atoms with van der Waals surface area (Å²) in [6, 6.07) is 1.77. The van der Waals surface area contributed by atoms with Crippen LogP contribution in [0, 0.1) is 5.82 Å². The van der Waals surface area contributed by atoms with E-state index in [-0.39, 0.29) is 24.6 Å². The van der Waals surface area contributed by atoms with Crippen LogP contribution in [0.3, 0.4) is 0 Å². The number of H-pyrrole nitrogens is 1. The van der Waals surface area contributed by atoms with E-state index in [0.717, 1.165) is 18.5 Å². The maximum atomic E-state index is 14.4. The molecule has 1 aliphatic rings. The van der Waals surface area contributed by atoms with Gasteiger partial charge in [0.25, 0.3) is 11.5 Å². The number of likely N-dealkylation sites (tertiary alicyclic amines) is 1. The molecular weight excluding hydrogens is 363 g/mol. The molecule has 1 amide bonds. The zero-order valence-corrected chi connectivity index (χ0v) is 14.5. The number of amides is 1. The molecule has 2 aromatic rings. The smallest absolute Gasteiger partial charge is 0.266 e. The van der Waals surface area contributed by atoms with E-state index in [9.17, 15) is 22.8 Å². The van der Waals surface area contributed by atoms with Crippen molar-refractivity contribution >= 4 is 11.7 Å². The van der Waals surface area contributed by atoms with E-state index in [2.05, 4.69) is 20.3 Å². The highest BCUT2D eigenvalue weighted by Gasteiger charge is 2.47. The first-order valence-electron chi connectivity index (χ1n) is 8.35. The number of alkyl halides is 2. The van der Waals surface area contributed by atoms with Crippen LogP contribution < -0.4 is 10.9 Å². The lowest BCUT2D eigenvalue weighted by molar-refractivity contribution is -0.125. The number of piperidine rings is 1. The fraction of sp³-hybridized carbons (Fsp3) is 0.412. The van der Waals surface area contributed by atoms with Gasteiger partial charge in [-0.25, -0.2) is 18.2 Å². The zero-order chi connectivity index (χ0) is 19.6. The summed E-state index contributed by atoms with van der Waals surface area (Å²) in [6.07, 6.45) is 2.67. The third-order valence-corrected chi connectivity index (χ3v) is 4.62. The fourth-order valence-electron chi connectivity index (χ4n) is 2.98. The number of hydrogen-bond donors (Lipinski definition) is 2. The molecular formula is C17H18F3N5O2. The molecule has 144 valence electrons. The predicted molar refractivity (Wildman–Crippen MR) is 91.0 cm³/mol.